The van der Waals surface area contributed by atoms with Crippen LogP contribution in [0.4, 0.5) is 0 Å². The van der Waals surface area contributed by atoms with E-state index in [0.29, 0.717) is 6.61 Å². The second kappa shape index (κ2) is 7.66. The smallest absolute Gasteiger partial charge is 0.252 e. The first-order valence-electron chi connectivity index (χ1n) is 8.75. The van der Waals surface area contributed by atoms with E-state index in [-0.39, 0.29) is 11.9 Å². The highest BCUT2D eigenvalue weighted by molar-refractivity contribution is 5.81. The lowest BCUT2D eigenvalue weighted by Gasteiger charge is -2.26. The summed E-state index contributed by atoms with van der Waals surface area (Å²) in [6.07, 6.45) is 4.94. The number of H-pyrrole nitrogens is 1. The van der Waals surface area contributed by atoms with Crippen LogP contribution in [0.5, 0.6) is 0 Å². The lowest BCUT2D eigenvalue weighted by Crippen LogP contribution is -2.39. The number of carbonyl (C=O) groups is 1. The standard InChI is InChI=1S/C20H25N3O2/c1-4-11-25-15(3)20(24)23-10-6-9-18(23)19-21-13-17(22-19)16-8-5-7-14(2)12-16/h4-5,7-8,12-13,15,18H,1,6,9-11H2,2-3H3,(H,21,22)/t15-,18-/m0/s1. The third-order valence-corrected chi connectivity index (χ3v) is 4.59. The number of benzene rings is 1. The molecular weight excluding hydrogens is 314 g/mol. The number of ether oxygens (including phenoxy) is 1. The largest absolute Gasteiger partial charge is 0.365 e. The third-order valence-electron chi connectivity index (χ3n) is 4.59. The zero-order chi connectivity index (χ0) is 17.8. The van der Waals surface area contributed by atoms with Gasteiger partial charge in [0.15, 0.2) is 0 Å². The summed E-state index contributed by atoms with van der Waals surface area (Å²) >= 11 is 0. The molecule has 0 spiro atoms. The summed E-state index contributed by atoms with van der Waals surface area (Å²) in [4.78, 5) is 22.5. The Kier molecular flexibility index (Phi) is 5.34. The molecule has 5 nitrogen and oxygen atoms in total. The van der Waals surface area contributed by atoms with Crippen LogP contribution in [0.15, 0.2) is 43.1 Å². The maximum absolute atomic E-state index is 12.7. The van der Waals surface area contributed by atoms with Crippen LogP contribution < -0.4 is 0 Å². The average Bonchev–Trinajstić information content (AvgIpc) is 3.27. The summed E-state index contributed by atoms with van der Waals surface area (Å²) in [7, 11) is 0. The summed E-state index contributed by atoms with van der Waals surface area (Å²) in [6, 6.07) is 8.28. The van der Waals surface area contributed by atoms with Crippen LogP contribution in [0, 0.1) is 6.92 Å². The van der Waals surface area contributed by atoms with Crippen molar-refractivity contribution in [2.24, 2.45) is 0 Å². The van der Waals surface area contributed by atoms with E-state index < -0.39 is 6.10 Å². The molecule has 2 heterocycles. The van der Waals surface area contributed by atoms with Crippen molar-refractivity contribution in [1.29, 1.82) is 0 Å². The van der Waals surface area contributed by atoms with Crippen molar-refractivity contribution >= 4 is 5.91 Å². The molecule has 2 aromatic rings. The minimum Gasteiger partial charge on any atom is -0.365 e. The Morgan fingerprint density at radius 2 is 2.40 bits per heavy atom. The Morgan fingerprint density at radius 1 is 1.56 bits per heavy atom. The molecule has 2 atom stereocenters. The van der Waals surface area contributed by atoms with Crippen molar-refractivity contribution in [3.63, 3.8) is 0 Å². The second-order valence-corrected chi connectivity index (χ2v) is 6.51. The number of imidazole rings is 1. The highest BCUT2D eigenvalue weighted by atomic mass is 16.5. The lowest BCUT2D eigenvalue weighted by atomic mass is 10.1. The van der Waals surface area contributed by atoms with E-state index in [1.54, 1.807) is 13.0 Å². The fourth-order valence-corrected chi connectivity index (χ4v) is 3.30. The van der Waals surface area contributed by atoms with Crippen LogP contribution in [0.3, 0.4) is 0 Å². The monoisotopic (exact) mass is 339 g/mol. The van der Waals surface area contributed by atoms with E-state index in [1.807, 2.05) is 17.2 Å². The molecule has 1 aliphatic heterocycles. The molecule has 1 aromatic heterocycles. The number of amides is 1. The quantitative estimate of drug-likeness (QED) is 0.818. The molecule has 0 radical (unpaired) electrons. The normalized spacial score (nSPS) is 18.3. The van der Waals surface area contributed by atoms with Gasteiger partial charge in [-0.25, -0.2) is 4.98 Å². The molecule has 25 heavy (non-hydrogen) atoms. The number of likely N-dealkylation sites (tertiary alicyclic amines) is 1. The summed E-state index contributed by atoms with van der Waals surface area (Å²) in [5.74, 6) is 0.858. The van der Waals surface area contributed by atoms with Gasteiger partial charge in [0.05, 0.1) is 24.5 Å². The molecular formula is C20H25N3O2. The summed E-state index contributed by atoms with van der Waals surface area (Å²) in [5.41, 5.74) is 3.30. The van der Waals surface area contributed by atoms with Crippen LogP contribution in [0.1, 0.15) is 37.2 Å². The van der Waals surface area contributed by atoms with E-state index in [2.05, 4.69) is 41.7 Å². The molecule has 1 fully saturated rings. The predicted octanol–water partition coefficient (Wildman–Crippen LogP) is 3.64. The van der Waals surface area contributed by atoms with Crippen molar-refractivity contribution in [3.05, 3.63) is 54.5 Å². The zero-order valence-corrected chi connectivity index (χ0v) is 14.9. The van der Waals surface area contributed by atoms with Gasteiger partial charge in [-0.15, -0.1) is 6.58 Å². The number of rotatable bonds is 6. The Bertz CT molecular complexity index is 753. The fraction of sp³-hybridized carbons (Fsp3) is 0.400. The molecule has 0 saturated carbocycles. The molecule has 0 aliphatic carbocycles. The third kappa shape index (κ3) is 3.82. The van der Waals surface area contributed by atoms with Gasteiger partial charge in [0.1, 0.15) is 11.9 Å². The molecule has 3 rings (SSSR count). The minimum atomic E-state index is -0.468. The molecule has 1 amide bonds. The summed E-state index contributed by atoms with van der Waals surface area (Å²) in [6.45, 7) is 8.61. The number of hydrogen-bond acceptors (Lipinski definition) is 3. The topological polar surface area (TPSA) is 58.2 Å². The van der Waals surface area contributed by atoms with Crippen LogP contribution in [0.2, 0.25) is 0 Å². The van der Waals surface area contributed by atoms with Gasteiger partial charge in [-0.3, -0.25) is 4.79 Å². The Hall–Kier alpha value is -2.40. The van der Waals surface area contributed by atoms with Gasteiger partial charge in [0.2, 0.25) is 0 Å². The maximum Gasteiger partial charge on any atom is 0.252 e. The van der Waals surface area contributed by atoms with Gasteiger partial charge in [0, 0.05) is 6.54 Å². The van der Waals surface area contributed by atoms with Crippen LogP contribution >= 0.6 is 0 Å². The Labute approximate surface area is 148 Å². The molecule has 1 N–H and O–H groups in total. The number of aromatic amines is 1. The van der Waals surface area contributed by atoms with Gasteiger partial charge in [-0.1, -0.05) is 29.8 Å². The number of nitrogens with zero attached hydrogens (tertiary/aromatic N) is 2. The predicted molar refractivity (Wildman–Crippen MR) is 98.1 cm³/mol. The maximum atomic E-state index is 12.7. The van der Waals surface area contributed by atoms with E-state index >= 15 is 0 Å². The van der Waals surface area contributed by atoms with Gasteiger partial charge < -0.3 is 14.6 Å². The number of hydrogen-bond donors (Lipinski definition) is 1. The lowest BCUT2D eigenvalue weighted by molar-refractivity contribution is -0.143. The van der Waals surface area contributed by atoms with Crippen LogP contribution in [-0.4, -0.2) is 40.0 Å². The number of carbonyl (C=O) groups excluding carboxylic acids is 1. The fourth-order valence-electron chi connectivity index (χ4n) is 3.30. The van der Waals surface area contributed by atoms with Gasteiger partial charge in [0.25, 0.3) is 5.91 Å². The molecule has 0 unspecified atom stereocenters. The highest BCUT2D eigenvalue weighted by Gasteiger charge is 2.34. The van der Waals surface area contributed by atoms with E-state index in [4.69, 9.17) is 4.74 Å². The zero-order valence-electron chi connectivity index (χ0n) is 14.9. The van der Waals surface area contributed by atoms with E-state index in [0.717, 1.165) is 36.5 Å². The number of nitrogens with one attached hydrogen (secondary N) is 1. The van der Waals surface area contributed by atoms with Crippen LogP contribution in [-0.2, 0) is 9.53 Å². The second-order valence-electron chi connectivity index (χ2n) is 6.51. The van der Waals surface area contributed by atoms with Crippen molar-refractivity contribution in [1.82, 2.24) is 14.9 Å². The molecule has 5 heteroatoms. The Balaban J connectivity index is 1.77. The number of aryl methyl sites for hydroxylation is 1. The summed E-state index contributed by atoms with van der Waals surface area (Å²) in [5, 5.41) is 0. The minimum absolute atomic E-state index is 0.0119. The molecule has 0 bridgehead atoms. The first kappa shape index (κ1) is 17.4. The number of aromatic nitrogens is 2. The van der Waals surface area contributed by atoms with E-state index in [1.165, 1.54) is 5.56 Å². The molecule has 1 saturated heterocycles. The van der Waals surface area contributed by atoms with Crippen molar-refractivity contribution < 1.29 is 9.53 Å². The molecule has 1 aliphatic rings. The van der Waals surface area contributed by atoms with Gasteiger partial charge in [-0.05, 0) is 38.3 Å². The molecule has 132 valence electrons. The van der Waals surface area contributed by atoms with Crippen molar-refractivity contribution in [3.8, 4) is 11.3 Å². The van der Waals surface area contributed by atoms with Crippen LogP contribution in [0.25, 0.3) is 11.3 Å². The van der Waals surface area contributed by atoms with Crippen molar-refractivity contribution in [2.45, 2.75) is 38.8 Å². The van der Waals surface area contributed by atoms with Gasteiger partial charge >= 0.3 is 0 Å². The first-order chi connectivity index (χ1) is 12.1. The van der Waals surface area contributed by atoms with Crippen molar-refractivity contribution in [2.75, 3.05) is 13.2 Å². The van der Waals surface area contributed by atoms with E-state index in [9.17, 15) is 4.79 Å². The first-order valence-corrected chi connectivity index (χ1v) is 8.75. The highest BCUT2D eigenvalue weighted by Crippen LogP contribution is 2.32. The van der Waals surface area contributed by atoms with Gasteiger partial charge in [-0.2, -0.15) is 0 Å². The SMILES string of the molecule is C=CCO[C@@H](C)C(=O)N1CCC[C@H]1c1ncc(-c2cccc(C)c2)[nH]1. The summed E-state index contributed by atoms with van der Waals surface area (Å²) < 4.78 is 5.50. The average molecular weight is 339 g/mol. The Morgan fingerprint density at radius 3 is 3.16 bits per heavy atom. The molecule has 1 aromatic carbocycles.